The Morgan fingerprint density at radius 2 is 2.47 bits per heavy atom. The number of ether oxygens (including phenoxy) is 1. The van der Waals surface area contributed by atoms with Crippen LogP contribution in [0.15, 0.2) is 0 Å². The van der Waals surface area contributed by atoms with Gasteiger partial charge >= 0.3 is 5.97 Å². The molecule has 15 heavy (non-hydrogen) atoms. The average molecular weight is 234 g/mol. The maximum Gasteiger partial charge on any atom is 0.352 e. The van der Waals surface area contributed by atoms with Crippen LogP contribution in [0.1, 0.15) is 31.2 Å². The average Bonchev–Trinajstić information content (AvgIpc) is 2.74. The fourth-order valence-electron chi connectivity index (χ4n) is 0.765. The first kappa shape index (κ1) is 7.71. The smallest absolute Gasteiger partial charge is 0.352 e. The summed E-state index contributed by atoms with van der Waals surface area (Å²) in [5.41, 5.74) is 1.31. The van der Waals surface area contributed by atoms with E-state index in [0.29, 0.717) is 11.5 Å². The van der Waals surface area contributed by atoms with E-state index < -0.39 is 18.9 Å². The summed E-state index contributed by atoms with van der Waals surface area (Å²) in [6.07, 6.45) is 0. The Balaban J connectivity index is 2.75. The second kappa shape index (κ2) is 5.37. The van der Waals surface area contributed by atoms with E-state index in [2.05, 4.69) is 19.2 Å². The molecule has 1 heterocycles. The summed E-state index contributed by atoms with van der Waals surface area (Å²) in [6, 6.07) is 0. The summed E-state index contributed by atoms with van der Waals surface area (Å²) < 4.78 is 28.3. The molecule has 0 aromatic carbocycles. The van der Waals surface area contributed by atoms with E-state index in [1.165, 1.54) is 0 Å². The van der Waals surface area contributed by atoms with Gasteiger partial charge in [-0.25, -0.2) is 10.3 Å². The number of hydrogen-bond acceptors (Lipinski definition) is 7. The summed E-state index contributed by atoms with van der Waals surface area (Å²) >= 11 is 0.667. The van der Waals surface area contributed by atoms with Crippen molar-refractivity contribution in [3.8, 4) is 0 Å². The third-order valence-electron chi connectivity index (χ3n) is 1.31. The Kier molecular flexibility index (Phi) is 2.76. The van der Waals surface area contributed by atoms with Crippen LogP contribution in [0.3, 0.4) is 0 Å². The van der Waals surface area contributed by atoms with Gasteiger partial charge in [-0.05, 0) is 18.5 Å². The van der Waals surface area contributed by atoms with Crippen molar-refractivity contribution in [1.29, 1.82) is 0 Å². The van der Waals surface area contributed by atoms with E-state index in [4.69, 9.17) is 4.11 Å². The lowest BCUT2D eigenvalue weighted by Gasteiger charge is -2.00. The number of rotatable bonds is 4. The zero-order valence-electron chi connectivity index (χ0n) is 10.6. The minimum absolute atomic E-state index is 0.122. The molecule has 0 atom stereocenters. The van der Waals surface area contributed by atoms with Crippen molar-refractivity contribution < 1.29 is 23.3 Å². The number of carbonyl (C=O) groups is 2. The maximum atomic E-state index is 11.5. The van der Waals surface area contributed by atoms with Crippen molar-refractivity contribution in [2.24, 2.45) is 0 Å². The third kappa shape index (κ3) is 2.70. The molecule has 1 rings (SSSR count). The van der Waals surface area contributed by atoms with E-state index >= 15 is 0 Å². The van der Waals surface area contributed by atoms with Crippen molar-refractivity contribution in [2.45, 2.75) is 6.92 Å². The van der Waals surface area contributed by atoms with Crippen LogP contribution in [-0.4, -0.2) is 35.1 Å². The van der Waals surface area contributed by atoms with Crippen molar-refractivity contribution in [2.75, 3.05) is 13.6 Å². The van der Waals surface area contributed by atoms with Crippen LogP contribution in [0, 0.1) is 0 Å². The predicted molar refractivity (Wildman–Crippen MR) is 50.3 cm³/mol. The molecule has 0 aliphatic heterocycles. The normalized spacial score (nSPS) is 13.5. The number of hydroxylamine groups is 1. The van der Waals surface area contributed by atoms with E-state index in [9.17, 15) is 9.59 Å². The van der Waals surface area contributed by atoms with Gasteiger partial charge in [0, 0.05) is 0 Å². The van der Waals surface area contributed by atoms with Crippen molar-refractivity contribution in [3.05, 3.63) is 10.6 Å². The summed E-state index contributed by atoms with van der Waals surface area (Å²) in [5, 5.41) is 3.41. The molecule has 1 amide bonds. The molecular weight excluding hydrogens is 222 g/mol. The van der Waals surface area contributed by atoms with Crippen LogP contribution in [-0.2, 0) is 9.57 Å². The number of nitrogens with one attached hydrogen (secondary N) is 1. The minimum Gasteiger partial charge on any atom is -0.462 e. The molecule has 82 valence electrons. The second-order valence-electron chi connectivity index (χ2n) is 2.20. The lowest BCUT2D eigenvalue weighted by molar-refractivity contribution is 0.0493. The first-order valence-corrected chi connectivity index (χ1v) is 4.60. The highest BCUT2D eigenvalue weighted by molar-refractivity contribution is 7.08. The number of hydrogen-bond donors (Lipinski definition) is 1. The van der Waals surface area contributed by atoms with Crippen LogP contribution in [0.25, 0.3) is 0 Å². The van der Waals surface area contributed by atoms with Gasteiger partial charge < -0.3 is 4.74 Å². The summed E-state index contributed by atoms with van der Waals surface area (Å²) in [4.78, 5) is 26.9. The van der Waals surface area contributed by atoms with Crippen LogP contribution in [0.5, 0.6) is 0 Å². The molecule has 7 nitrogen and oxygen atoms in total. The van der Waals surface area contributed by atoms with Crippen LogP contribution >= 0.6 is 11.5 Å². The largest absolute Gasteiger partial charge is 0.462 e. The van der Waals surface area contributed by atoms with Crippen molar-refractivity contribution >= 4 is 23.4 Å². The Hall–Kier alpha value is -1.54. The van der Waals surface area contributed by atoms with Crippen molar-refractivity contribution in [3.63, 3.8) is 0 Å². The van der Waals surface area contributed by atoms with Gasteiger partial charge in [-0.3, -0.25) is 9.63 Å². The number of amides is 1. The molecule has 0 bridgehead atoms. The van der Waals surface area contributed by atoms with Gasteiger partial charge in [0.25, 0.3) is 5.91 Å². The molecule has 0 unspecified atom stereocenters. The first-order valence-electron chi connectivity index (χ1n) is 5.33. The van der Waals surface area contributed by atoms with Gasteiger partial charge in [0.1, 0.15) is 0 Å². The quantitative estimate of drug-likeness (QED) is 0.582. The van der Waals surface area contributed by atoms with Crippen LogP contribution in [0.2, 0.25) is 0 Å². The van der Waals surface area contributed by atoms with Crippen LogP contribution in [0.4, 0.5) is 0 Å². The van der Waals surface area contributed by atoms with Crippen LogP contribution < -0.4 is 5.48 Å². The number of aromatic nitrogens is 2. The lowest BCUT2D eigenvalue weighted by atomic mass is 10.3. The molecule has 0 saturated heterocycles. The molecule has 0 spiro atoms. The SMILES string of the molecule is [2H]C([2H])([2H])ONC(=O)c1nnsc1C(=O)OCC. The Morgan fingerprint density at radius 1 is 1.67 bits per heavy atom. The fraction of sp³-hybridized carbons (Fsp3) is 0.429. The van der Waals surface area contributed by atoms with Gasteiger partial charge in [-0.1, -0.05) is 4.49 Å². The van der Waals surface area contributed by atoms with E-state index in [-0.39, 0.29) is 17.2 Å². The highest BCUT2D eigenvalue weighted by atomic mass is 32.1. The first-order chi connectivity index (χ1) is 8.35. The van der Waals surface area contributed by atoms with E-state index in [1.807, 2.05) is 0 Å². The van der Waals surface area contributed by atoms with Gasteiger partial charge in [-0.2, -0.15) is 0 Å². The van der Waals surface area contributed by atoms with Crippen molar-refractivity contribution in [1.82, 2.24) is 15.1 Å². The molecule has 0 aliphatic carbocycles. The molecule has 0 radical (unpaired) electrons. The third-order valence-corrected chi connectivity index (χ3v) is 2.01. The molecule has 0 saturated carbocycles. The Labute approximate surface area is 93.7 Å². The molecule has 1 N–H and O–H groups in total. The molecule has 8 heteroatoms. The molecule has 1 aromatic rings. The second-order valence-corrected chi connectivity index (χ2v) is 2.96. The zero-order valence-corrected chi connectivity index (χ0v) is 8.46. The number of esters is 1. The zero-order chi connectivity index (χ0) is 13.8. The molecule has 1 aromatic heterocycles. The monoisotopic (exact) mass is 234 g/mol. The standard InChI is InChI=1S/C7H9N3O4S/c1-3-14-7(12)5-4(8-10-15-5)6(11)9-13-2/h3H2,1-2H3,(H,9,11)/i2D3. The topological polar surface area (TPSA) is 90.4 Å². The van der Waals surface area contributed by atoms with Gasteiger partial charge in [0.15, 0.2) is 10.6 Å². The highest BCUT2D eigenvalue weighted by Gasteiger charge is 2.22. The van der Waals surface area contributed by atoms with Gasteiger partial charge in [0.2, 0.25) is 0 Å². The highest BCUT2D eigenvalue weighted by Crippen LogP contribution is 2.11. The van der Waals surface area contributed by atoms with Gasteiger partial charge in [-0.15, -0.1) is 5.10 Å². The Morgan fingerprint density at radius 3 is 3.13 bits per heavy atom. The molecule has 0 fully saturated rings. The summed E-state index contributed by atoms with van der Waals surface area (Å²) in [5.74, 6) is -1.74. The lowest BCUT2D eigenvalue weighted by Crippen LogP contribution is -2.24. The Bertz CT molecular complexity index is 447. The maximum absolute atomic E-state index is 11.5. The summed E-state index contributed by atoms with van der Waals surface area (Å²) in [6.45, 7) is 1.73. The van der Waals surface area contributed by atoms with E-state index in [0.717, 1.165) is 0 Å². The van der Waals surface area contributed by atoms with E-state index in [1.54, 1.807) is 12.4 Å². The fourth-order valence-corrected chi connectivity index (χ4v) is 1.32. The predicted octanol–water partition coefficient (Wildman–Crippen LogP) is 0.00600. The summed E-state index contributed by atoms with van der Waals surface area (Å²) in [7, 11) is -2.79. The number of carbonyl (C=O) groups excluding carboxylic acids is 2. The van der Waals surface area contributed by atoms with Gasteiger partial charge in [0.05, 0.1) is 17.8 Å². The molecular formula is C7H9N3O4S. The minimum atomic E-state index is -2.79. The number of nitrogens with zero attached hydrogens (tertiary/aromatic N) is 2. The molecule has 0 aliphatic rings.